The molecule has 1 N–H and O–H groups in total. The summed E-state index contributed by atoms with van der Waals surface area (Å²) < 4.78 is 4.91. The zero-order chi connectivity index (χ0) is 17.5. The largest absolute Gasteiger partial charge is 0.452 e. The molecule has 0 saturated heterocycles. The predicted molar refractivity (Wildman–Crippen MR) is 90.4 cm³/mol. The Morgan fingerprint density at radius 1 is 1.08 bits per heavy atom. The predicted octanol–water partition coefficient (Wildman–Crippen LogP) is 3.28. The van der Waals surface area contributed by atoms with Crippen LogP contribution in [0.3, 0.4) is 0 Å². The molecule has 0 fully saturated rings. The number of esters is 1. The fourth-order valence-electron chi connectivity index (χ4n) is 1.82. The van der Waals surface area contributed by atoms with Gasteiger partial charge in [0, 0.05) is 22.2 Å². The van der Waals surface area contributed by atoms with E-state index in [0.717, 1.165) is 0 Å². The van der Waals surface area contributed by atoms with Crippen LogP contribution in [0.15, 0.2) is 42.5 Å². The highest BCUT2D eigenvalue weighted by atomic mass is 35.5. The van der Waals surface area contributed by atoms with Crippen LogP contribution in [-0.2, 0) is 16.1 Å². The molecular weight excluding hydrogens is 353 g/mol. The van der Waals surface area contributed by atoms with Crippen molar-refractivity contribution < 1.29 is 19.1 Å². The van der Waals surface area contributed by atoms with Gasteiger partial charge in [-0.25, -0.2) is 4.79 Å². The first-order valence-electron chi connectivity index (χ1n) is 6.92. The van der Waals surface area contributed by atoms with Gasteiger partial charge in [-0.2, -0.15) is 0 Å². The van der Waals surface area contributed by atoms with Gasteiger partial charge in [-0.15, -0.1) is 0 Å². The molecule has 5 nitrogen and oxygen atoms in total. The molecule has 2 aromatic rings. The number of hydrogen-bond donors (Lipinski definition) is 1. The highest BCUT2D eigenvalue weighted by molar-refractivity contribution is 6.35. The van der Waals surface area contributed by atoms with Crippen LogP contribution in [0.4, 0.5) is 0 Å². The maximum atomic E-state index is 11.8. The van der Waals surface area contributed by atoms with Gasteiger partial charge in [0.15, 0.2) is 6.61 Å². The van der Waals surface area contributed by atoms with Crippen molar-refractivity contribution in [2.24, 2.45) is 0 Å². The third kappa shape index (κ3) is 5.08. The summed E-state index contributed by atoms with van der Waals surface area (Å²) in [6.07, 6.45) is 0.671. The van der Waals surface area contributed by atoms with Gasteiger partial charge < -0.3 is 10.1 Å². The molecule has 0 aliphatic carbocycles. The lowest BCUT2D eigenvalue weighted by Gasteiger charge is -2.08. The molecule has 7 heteroatoms. The lowest BCUT2D eigenvalue weighted by Crippen LogP contribution is -2.28. The van der Waals surface area contributed by atoms with Crippen molar-refractivity contribution in [1.29, 1.82) is 0 Å². The van der Waals surface area contributed by atoms with Crippen molar-refractivity contribution in [3.63, 3.8) is 0 Å². The Balaban J connectivity index is 1.81. The van der Waals surface area contributed by atoms with Crippen LogP contribution < -0.4 is 5.32 Å². The summed E-state index contributed by atoms with van der Waals surface area (Å²) in [7, 11) is 0. The highest BCUT2D eigenvalue weighted by Gasteiger charge is 2.10. The Morgan fingerprint density at radius 2 is 1.79 bits per heavy atom. The molecule has 124 valence electrons. The summed E-state index contributed by atoms with van der Waals surface area (Å²) in [5.41, 5.74) is 1.41. The number of carbonyl (C=O) groups excluding carboxylic acids is 3. The number of hydrogen-bond acceptors (Lipinski definition) is 4. The van der Waals surface area contributed by atoms with Crippen LogP contribution in [0.1, 0.15) is 26.3 Å². The molecular formula is C17H13Cl2NO4. The Kier molecular flexibility index (Phi) is 6.35. The van der Waals surface area contributed by atoms with Crippen molar-refractivity contribution in [3.8, 4) is 0 Å². The van der Waals surface area contributed by atoms with E-state index in [4.69, 9.17) is 27.9 Å². The molecule has 2 aromatic carbocycles. The van der Waals surface area contributed by atoms with Crippen LogP contribution in [0.5, 0.6) is 0 Å². The molecule has 24 heavy (non-hydrogen) atoms. The van der Waals surface area contributed by atoms with E-state index >= 15 is 0 Å². The van der Waals surface area contributed by atoms with E-state index in [1.54, 1.807) is 18.2 Å². The number of amides is 1. The number of carbonyl (C=O) groups is 3. The summed E-state index contributed by atoms with van der Waals surface area (Å²) in [6, 6.07) is 10.8. The van der Waals surface area contributed by atoms with Crippen molar-refractivity contribution in [1.82, 2.24) is 5.32 Å². The van der Waals surface area contributed by atoms with E-state index in [-0.39, 0.29) is 12.1 Å². The second-order valence-electron chi connectivity index (χ2n) is 4.83. The maximum Gasteiger partial charge on any atom is 0.338 e. The molecule has 0 bridgehead atoms. The number of aldehydes is 1. The molecule has 0 heterocycles. The molecule has 1 amide bonds. The first-order valence-corrected chi connectivity index (χ1v) is 7.68. The first kappa shape index (κ1) is 18.0. The van der Waals surface area contributed by atoms with Crippen molar-refractivity contribution in [3.05, 3.63) is 69.2 Å². The zero-order valence-corrected chi connectivity index (χ0v) is 13.9. The molecule has 0 aliphatic heterocycles. The minimum absolute atomic E-state index is 0.195. The topological polar surface area (TPSA) is 72.5 Å². The van der Waals surface area contributed by atoms with Gasteiger partial charge in [0.1, 0.15) is 6.29 Å². The summed E-state index contributed by atoms with van der Waals surface area (Å²) in [6.45, 7) is -0.222. The van der Waals surface area contributed by atoms with Gasteiger partial charge in [0.05, 0.1) is 5.56 Å². The number of rotatable bonds is 6. The molecule has 0 spiro atoms. The van der Waals surface area contributed by atoms with E-state index in [1.165, 1.54) is 24.3 Å². The monoisotopic (exact) mass is 365 g/mol. The van der Waals surface area contributed by atoms with E-state index in [2.05, 4.69) is 5.32 Å². The summed E-state index contributed by atoms with van der Waals surface area (Å²) in [4.78, 5) is 34.1. The molecule has 0 saturated carbocycles. The third-order valence-electron chi connectivity index (χ3n) is 3.11. The average molecular weight is 366 g/mol. The van der Waals surface area contributed by atoms with Crippen LogP contribution in [0.2, 0.25) is 10.0 Å². The van der Waals surface area contributed by atoms with Gasteiger partial charge in [-0.05, 0) is 29.8 Å². The Hall–Kier alpha value is -2.37. The highest BCUT2D eigenvalue weighted by Crippen LogP contribution is 2.20. The van der Waals surface area contributed by atoms with E-state index in [0.29, 0.717) is 27.5 Å². The van der Waals surface area contributed by atoms with Crippen molar-refractivity contribution in [2.75, 3.05) is 6.61 Å². The van der Waals surface area contributed by atoms with Gasteiger partial charge >= 0.3 is 5.97 Å². The lowest BCUT2D eigenvalue weighted by molar-refractivity contribution is -0.124. The smallest absolute Gasteiger partial charge is 0.338 e. The third-order valence-corrected chi connectivity index (χ3v) is 3.69. The molecule has 2 rings (SSSR count). The Morgan fingerprint density at radius 3 is 2.42 bits per heavy atom. The average Bonchev–Trinajstić information content (AvgIpc) is 2.59. The number of halogens is 2. The Bertz CT molecular complexity index is 760. The lowest BCUT2D eigenvalue weighted by atomic mass is 10.1. The SMILES string of the molecule is O=Cc1ccc(C(=O)OCC(=O)NCc2ccc(Cl)cc2Cl)cc1. The second kappa shape index (κ2) is 8.47. The van der Waals surface area contributed by atoms with Crippen LogP contribution >= 0.6 is 23.2 Å². The molecule has 0 radical (unpaired) electrons. The van der Waals surface area contributed by atoms with E-state index in [1.807, 2.05) is 0 Å². The minimum atomic E-state index is -0.646. The van der Waals surface area contributed by atoms with Crippen molar-refractivity contribution in [2.45, 2.75) is 6.54 Å². The maximum absolute atomic E-state index is 11.8. The number of benzene rings is 2. The van der Waals surface area contributed by atoms with Gasteiger partial charge in [0.2, 0.25) is 0 Å². The van der Waals surface area contributed by atoms with Crippen LogP contribution in [0, 0.1) is 0 Å². The number of ether oxygens (including phenoxy) is 1. The first-order chi connectivity index (χ1) is 11.5. The summed E-state index contributed by atoms with van der Waals surface area (Å²) in [5, 5.41) is 3.54. The zero-order valence-electron chi connectivity index (χ0n) is 12.4. The summed E-state index contributed by atoms with van der Waals surface area (Å²) in [5.74, 6) is -1.11. The fraction of sp³-hybridized carbons (Fsp3) is 0.118. The summed E-state index contributed by atoms with van der Waals surface area (Å²) >= 11 is 11.8. The van der Waals surface area contributed by atoms with E-state index in [9.17, 15) is 14.4 Å². The molecule has 0 aliphatic rings. The van der Waals surface area contributed by atoms with Crippen LogP contribution in [0.25, 0.3) is 0 Å². The molecule has 0 aromatic heterocycles. The van der Waals surface area contributed by atoms with Gasteiger partial charge in [-0.1, -0.05) is 41.4 Å². The normalized spacial score (nSPS) is 10.1. The Labute approximate surface area is 148 Å². The molecule has 0 unspecified atom stereocenters. The van der Waals surface area contributed by atoms with Gasteiger partial charge in [0.25, 0.3) is 5.91 Å². The standard InChI is InChI=1S/C17H13Cl2NO4/c18-14-6-5-13(15(19)7-14)8-20-16(22)10-24-17(23)12-3-1-11(9-21)2-4-12/h1-7,9H,8,10H2,(H,20,22). The van der Waals surface area contributed by atoms with Gasteiger partial charge in [-0.3, -0.25) is 9.59 Å². The van der Waals surface area contributed by atoms with E-state index < -0.39 is 18.5 Å². The molecule has 0 atom stereocenters. The second-order valence-corrected chi connectivity index (χ2v) is 5.67. The minimum Gasteiger partial charge on any atom is -0.452 e. The fourth-order valence-corrected chi connectivity index (χ4v) is 2.30. The number of nitrogens with one attached hydrogen (secondary N) is 1. The van der Waals surface area contributed by atoms with Crippen LogP contribution in [-0.4, -0.2) is 24.8 Å². The quantitative estimate of drug-likeness (QED) is 0.629. The van der Waals surface area contributed by atoms with Crippen molar-refractivity contribution >= 4 is 41.4 Å².